The normalized spacial score (nSPS) is 12.5. The third-order valence-corrected chi connectivity index (χ3v) is 13.9. The molecule has 0 bridgehead atoms. The monoisotopic (exact) mass is 906 g/mol. The average Bonchev–Trinajstić information content (AvgIpc) is 3.29. The number of hydrogen-bond acceptors (Lipinski definition) is 5. The molecule has 0 aliphatic carbocycles. The summed E-state index contributed by atoms with van der Waals surface area (Å²) in [5, 5.41) is 23.3. The van der Waals surface area contributed by atoms with Crippen LogP contribution >= 0.6 is 0 Å². The Morgan fingerprint density at radius 1 is 0.375 bits per heavy atom. The van der Waals surface area contributed by atoms with Gasteiger partial charge in [-0.2, -0.15) is 0 Å². The van der Waals surface area contributed by atoms with Crippen molar-refractivity contribution in [2.75, 3.05) is 13.2 Å². The Bertz CT molecular complexity index is 913. The number of nitrogens with one attached hydrogen (secondary N) is 1. The van der Waals surface area contributed by atoms with Gasteiger partial charge in [0, 0.05) is 12.8 Å². The first-order valence-electron chi connectivity index (χ1n) is 29.3. The highest BCUT2D eigenvalue weighted by molar-refractivity contribution is 5.76. The van der Waals surface area contributed by atoms with E-state index >= 15 is 0 Å². The molecule has 1 amide bonds. The summed E-state index contributed by atoms with van der Waals surface area (Å²) in [5.74, 6) is -0.0778. The Kier molecular flexibility index (Phi) is 53.5. The number of aliphatic hydroxyl groups excluding tert-OH is 2. The number of amides is 1. The zero-order chi connectivity index (χ0) is 46.5. The lowest BCUT2D eigenvalue weighted by atomic mass is 10.0. The molecule has 3 N–H and O–H groups in total. The van der Waals surface area contributed by atoms with Crippen molar-refractivity contribution >= 4 is 11.9 Å². The molecule has 0 aromatic carbocycles. The van der Waals surface area contributed by atoms with Crippen molar-refractivity contribution in [3.05, 3.63) is 0 Å². The summed E-state index contributed by atoms with van der Waals surface area (Å²) in [7, 11) is 0. The number of hydrogen-bond donors (Lipinski definition) is 3. The van der Waals surface area contributed by atoms with Gasteiger partial charge in [0.25, 0.3) is 0 Å². The SMILES string of the molecule is CCCCCCCCCCCCCCCCCCCCCCCCCC(O)C(CO)NC(=O)CCCCCCCCCCCOC(=O)CCCCCCCCCCCCCCCCC. The van der Waals surface area contributed by atoms with Crippen molar-refractivity contribution in [2.24, 2.45) is 0 Å². The molecule has 0 aromatic heterocycles. The van der Waals surface area contributed by atoms with E-state index in [0.717, 1.165) is 57.8 Å². The Hall–Kier alpha value is -1.14. The maximum Gasteiger partial charge on any atom is 0.305 e. The molecule has 0 radical (unpaired) electrons. The highest BCUT2D eigenvalue weighted by Crippen LogP contribution is 2.18. The molecule has 0 saturated heterocycles. The zero-order valence-electron chi connectivity index (χ0n) is 43.5. The fraction of sp³-hybridized carbons (Fsp3) is 0.966. The minimum atomic E-state index is -0.681. The van der Waals surface area contributed by atoms with Crippen molar-refractivity contribution in [3.8, 4) is 0 Å². The van der Waals surface area contributed by atoms with Gasteiger partial charge in [0.05, 0.1) is 25.4 Å². The summed E-state index contributed by atoms with van der Waals surface area (Å²) in [6.07, 6.45) is 62.4. The highest BCUT2D eigenvalue weighted by Gasteiger charge is 2.20. The second kappa shape index (κ2) is 54.5. The number of ether oxygens (including phenoxy) is 1. The summed E-state index contributed by atoms with van der Waals surface area (Å²) in [6.45, 7) is 4.92. The van der Waals surface area contributed by atoms with Crippen LogP contribution in [-0.4, -0.2) is 47.4 Å². The predicted octanol–water partition coefficient (Wildman–Crippen LogP) is 17.9. The van der Waals surface area contributed by atoms with Crippen LogP contribution in [0.25, 0.3) is 0 Å². The summed E-state index contributed by atoms with van der Waals surface area (Å²) in [4.78, 5) is 24.6. The lowest BCUT2D eigenvalue weighted by molar-refractivity contribution is -0.143. The van der Waals surface area contributed by atoms with E-state index in [1.165, 1.54) is 244 Å². The molecule has 0 aliphatic rings. The van der Waals surface area contributed by atoms with E-state index in [1.54, 1.807) is 0 Å². The molecular weight excluding hydrogens is 791 g/mol. The van der Waals surface area contributed by atoms with Crippen LogP contribution in [0, 0.1) is 0 Å². The Labute approximate surface area is 400 Å². The van der Waals surface area contributed by atoms with Gasteiger partial charge in [-0.25, -0.2) is 0 Å². The lowest BCUT2D eigenvalue weighted by Crippen LogP contribution is -2.45. The minimum absolute atomic E-state index is 0.0204. The van der Waals surface area contributed by atoms with Crippen LogP contribution in [0.15, 0.2) is 0 Å². The summed E-state index contributed by atoms with van der Waals surface area (Å²) in [6, 6.07) is -0.561. The predicted molar refractivity (Wildman–Crippen MR) is 278 cm³/mol. The van der Waals surface area contributed by atoms with E-state index in [9.17, 15) is 19.8 Å². The van der Waals surface area contributed by atoms with Gasteiger partial charge >= 0.3 is 5.97 Å². The van der Waals surface area contributed by atoms with Crippen LogP contribution in [0.5, 0.6) is 0 Å². The second-order valence-electron chi connectivity index (χ2n) is 20.3. The van der Waals surface area contributed by atoms with E-state index in [0.29, 0.717) is 25.9 Å². The average molecular weight is 907 g/mol. The second-order valence-corrected chi connectivity index (χ2v) is 20.3. The number of rotatable bonds is 55. The molecule has 2 atom stereocenters. The molecule has 0 saturated carbocycles. The molecule has 0 rings (SSSR count). The van der Waals surface area contributed by atoms with Crippen LogP contribution in [0.2, 0.25) is 0 Å². The minimum Gasteiger partial charge on any atom is -0.466 e. The van der Waals surface area contributed by atoms with Crippen molar-refractivity contribution in [1.29, 1.82) is 0 Å². The topological polar surface area (TPSA) is 95.9 Å². The zero-order valence-corrected chi connectivity index (χ0v) is 43.5. The van der Waals surface area contributed by atoms with E-state index in [-0.39, 0.29) is 18.5 Å². The number of aliphatic hydroxyl groups is 2. The maximum atomic E-state index is 12.5. The van der Waals surface area contributed by atoms with Gasteiger partial charge in [-0.3, -0.25) is 9.59 Å². The standard InChI is InChI=1S/C58H115NO5/c1-3-5-7-9-11-13-15-17-19-20-21-22-23-24-25-26-28-29-31-34-38-42-46-50-56(61)55(54-60)59-57(62)51-47-43-39-35-33-37-41-45-49-53-64-58(63)52-48-44-40-36-32-30-27-18-16-14-12-10-8-6-4-2/h55-56,60-61H,3-54H2,1-2H3,(H,59,62). The van der Waals surface area contributed by atoms with E-state index in [2.05, 4.69) is 19.2 Å². The van der Waals surface area contributed by atoms with Crippen LogP contribution in [-0.2, 0) is 14.3 Å². The van der Waals surface area contributed by atoms with Crippen LogP contribution in [0.4, 0.5) is 0 Å². The number of unbranched alkanes of at least 4 members (excludes halogenated alkanes) is 44. The highest BCUT2D eigenvalue weighted by atomic mass is 16.5. The largest absolute Gasteiger partial charge is 0.466 e. The summed E-state index contributed by atoms with van der Waals surface area (Å²) < 4.78 is 5.46. The molecule has 6 heteroatoms. The van der Waals surface area contributed by atoms with Crippen LogP contribution in [0.3, 0.4) is 0 Å². The Morgan fingerprint density at radius 3 is 0.953 bits per heavy atom. The molecule has 2 unspecified atom stereocenters. The molecule has 6 nitrogen and oxygen atoms in total. The molecule has 0 heterocycles. The third-order valence-electron chi connectivity index (χ3n) is 13.9. The molecule has 0 fully saturated rings. The first kappa shape index (κ1) is 62.9. The van der Waals surface area contributed by atoms with Crippen LogP contribution in [0.1, 0.15) is 335 Å². The van der Waals surface area contributed by atoms with Crippen molar-refractivity contribution < 1.29 is 24.5 Å². The molecular formula is C58H115NO5. The number of carbonyl (C=O) groups is 2. The first-order valence-corrected chi connectivity index (χ1v) is 29.3. The molecule has 382 valence electrons. The molecule has 0 aliphatic heterocycles. The fourth-order valence-corrected chi connectivity index (χ4v) is 9.41. The van der Waals surface area contributed by atoms with Gasteiger partial charge in [0.15, 0.2) is 0 Å². The van der Waals surface area contributed by atoms with E-state index in [4.69, 9.17) is 4.74 Å². The smallest absolute Gasteiger partial charge is 0.305 e. The summed E-state index contributed by atoms with van der Waals surface area (Å²) in [5.41, 5.74) is 0. The number of carbonyl (C=O) groups excluding carboxylic acids is 2. The lowest BCUT2D eigenvalue weighted by Gasteiger charge is -2.22. The first-order chi connectivity index (χ1) is 31.5. The maximum absolute atomic E-state index is 12.5. The van der Waals surface area contributed by atoms with Gasteiger partial charge in [-0.1, -0.05) is 296 Å². The third kappa shape index (κ3) is 50.3. The molecule has 64 heavy (non-hydrogen) atoms. The van der Waals surface area contributed by atoms with Crippen LogP contribution < -0.4 is 5.32 Å². The van der Waals surface area contributed by atoms with Gasteiger partial charge in [-0.15, -0.1) is 0 Å². The van der Waals surface area contributed by atoms with Crippen molar-refractivity contribution in [1.82, 2.24) is 5.32 Å². The Morgan fingerprint density at radius 2 is 0.641 bits per heavy atom. The molecule has 0 aromatic rings. The quantitative estimate of drug-likeness (QED) is 0.0417. The van der Waals surface area contributed by atoms with Gasteiger partial charge < -0.3 is 20.3 Å². The van der Waals surface area contributed by atoms with Gasteiger partial charge in [-0.05, 0) is 25.7 Å². The summed E-state index contributed by atoms with van der Waals surface area (Å²) >= 11 is 0. The Balaban J connectivity index is 3.45. The van der Waals surface area contributed by atoms with Gasteiger partial charge in [0.1, 0.15) is 0 Å². The number of esters is 1. The van der Waals surface area contributed by atoms with E-state index < -0.39 is 12.1 Å². The molecule has 0 spiro atoms. The fourth-order valence-electron chi connectivity index (χ4n) is 9.41. The van der Waals surface area contributed by atoms with Crippen molar-refractivity contribution in [3.63, 3.8) is 0 Å². The van der Waals surface area contributed by atoms with E-state index in [1.807, 2.05) is 0 Å². The van der Waals surface area contributed by atoms with Crippen molar-refractivity contribution in [2.45, 2.75) is 347 Å². The van der Waals surface area contributed by atoms with Gasteiger partial charge in [0.2, 0.25) is 5.91 Å².